The molecule has 0 fully saturated rings. The van der Waals surface area contributed by atoms with E-state index in [-0.39, 0.29) is 23.3 Å². The largest absolute Gasteiger partial charge is 0.484 e. The average Bonchev–Trinajstić information content (AvgIpc) is 3.01. The topological polar surface area (TPSA) is 69.0 Å². The van der Waals surface area contributed by atoms with E-state index < -0.39 is 5.82 Å². The van der Waals surface area contributed by atoms with Crippen LogP contribution in [0.15, 0.2) is 47.6 Å². The lowest BCUT2D eigenvalue weighted by Crippen LogP contribution is -2.14. The summed E-state index contributed by atoms with van der Waals surface area (Å²) in [5.41, 5.74) is 0.554. The monoisotopic (exact) mass is 440 g/mol. The molecule has 1 N–H and O–H groups in total. The van der Waals surface area contributed by atoms with Gasteiger partial charge in [0, 0.05) is 7.05 Å². The van der Waals surface area contributed by atoms with Gasteiger partial charge in [0.1, 0.15) is 18.2 Å². The highest BCUT2D eigenvalue weighted by Crippen LogP contribution is 2.26. The molecule has 1 heterocycles. The van der Waals surface area contributed by atoms with Crippen molar-refractivity contribution in [1.82, 2.24) is 14.8 Å². The third-order valence-electron chi connectivity index (χ3n) is 3.66. The van der Waals surface area contributed by atoms with Crippen LogP contribution >= 0.6 is 35.0 Å². The van der Waals surface area contributed by atoms with Crippen molar-refractivity contribution in [3.8, 4) is 5.75 Å². The van der Waals surface area contributed by atoms with Crippen LogP contribution in [0.3, 0.4) is 0 Å². The Balaban J connectivity index is 1.55. The van der Waals surface area contributed by atoms with Gasteiger partial charge >= 0.3 is 0 Å². The number of rotatable bonds is 7. The Kier molecular flexibility index (Phi) is 6.77. The maximum atomic E-state index is 13.1. The minimum Gasteiger partial charge on any atom is -0.484 e. The van der Waals surface area contributed by atoms with E-state index in [1.807, 2.05) is 0 Å². The lowest BCUT2D eigenvalue weighted by molar-refractivity contribution is -0.113. The highest BCUT2D eigenvalue weighted by molar-refractivity contribution is 7.99. The number of carbonyl (C=O) groups excluding carboxylic acids is 1. The van der Waals surface area contributed by atoms with Crippen LogP contribution in [0.5, 0.6) is 5.75 Å². The Labute approximate surface area is 175 Å². The predicted molar refractivity (Wildman–Crippen MR) is 108 cm³/mol. The van der Waals surface area contributed by atoms with Crippen molar-refractivity contribution < 1.29 is 13.9 Å². The molecule has 0 aliphatic rings. The molecule has 0 radical (unpaired) electrons. The minimum atomic E-state index is -0.440. The summed E-state index contributed by atoms with van der Waals surface area (Å²) >= 11 is 13.2. The first kappa shape index (κ1) is 20.4. The van der Waals surface area contributed by atoms with E-state index in [0.29, 0.717) is 27.4 Å². The van der Waals surface area contributed by atoms with Gasteiger partial charge in [0.15, 0.2) is 11.0 Å². The quantitative estimate of drug-likeness (QED) is 0.544. The first-order valence-electron chi connectivity index (χ1n) is 8.07. The van der Waals surface area contributed by atoms with Crippen LogP contribution in [-0.2, 0) is 18.4 Å². The lowest BCUT2D eigenvalue weighted by Gasteiger charge is -2.08. The van der Waals surface area contributed by atoms with Gasteiger partial charge in [-0.05, 0) is 30.3 Å². The van der Waals surface area contributed by atoms with Crippen molar-refractivity contribution >= 4 is 46.6 Å². The summed E-state index contributed by atoms with van der Waals surface area (Å²) in [6, 6.07) is 10.9. The number of nitrogens with one attached hydrogen (secondary N) is 1. The summed E-state index contributed by atoms with van der Waals surface area (Å²) in [7, 11) is 1.76. The van der Waals surface area contributed by atoms with Crippen LogP contribution in [0, 0.1) is 5.82 Å². The second-order valence-electron chi connectivity index (χ2n) is 5.64. The van der Waals surface area contributed by atoms with Crippen molar-refractivity contribution in [2.24, 2.45) is 7.05 Å². The van der Waals surface area contributed by atoms with Crippen LogP contribution in [0.2, 0.25) is 10.0 Å². The molecular weight excluding hydrogens is 426 g/mol. The average molecular weight is 441 g/mol. The van der Waals surface area contributed by atoms with E-state index in [2.05, 4.69) is 15.5 Å². The number of carbonyl (C=O) groups is 1. The molecule has 0 saturated carbocycles. The van der Waals surface area contributed by atoms with E-state index in [0.717, 1.165) is 0 Å². The molecule has 3 aromatic rings. The van der Waals surface area contributed by atoms with Crippen LogP contribution in [0.1, 0.15) is 5.82 Å². The van der Waals surface area contributed by atoms with Crippen LogP contribution < -0.4 is 10.1 Å². The standard InChI is InChI=1S/C18H15Cl2FN4O2S/c1-25-16(9-27-15-7-6-11(21)8-13(15)20)23-24-18(25)28-10-17(26)22-14-5-3-2-4-12(14)19/h2-8H,9-10H2,1H3,(H,22,26). The van der Waals surface area contributed by atoms with Gasteiger partial charge in [0.05, 0.1) is 21.5 Å². The van der Waals surface area contributed by atoms with Crippen molar-refractivity contribution in [3.05, 3.63) is 64.2 Å². The van der Waals surface area contributed by atoms with Gasteiger partial charge < -0.3 is 14.6 Å². The first-order valence-corrected chi connectivity index (χ1v) is 9.81. The minimum absolute atomic E-state index is 0.0984. The number of aromatic nitrogens is 3. The van der Waals surface area contributed by atoms with Gasteiger partial charge in [-0.1, -0.05) is 47.1 Å². The first-order chi connectivity index (χ1) is 13.4. The molecule has 3 rings (SSSR count). The van der Waals surface area contributed by atoms with E-state index in [1.54, 1.807) is 35.9 Å². The van der Waals surface area contributed by atoms with Crippen LogP contribution in [-0.4, -0.2) is 26.4 Å². The number of anilines is 1. The number of benzene rings is 2. The molecule has 6 nitrogen and oxygen atoms in total. The fraction of sp³-hybridized carbons (Fsp3) is 0.167. The van der Waals surface area contributed by atoms with Crippen LogP contribution in [0.25, 0.3) is 0 Å². The zero-order valence-corrected chi connectivity index (χ0v) is 17.0. The maximum absolute atomic E-state index is 13.1. The van der Waals surface area contributed by atoms with E-state index in [4.69, 9.17) is 27.9 Å². The van der Waals surface area contributed by atoms with Gasteiger partial charge in [-0.25, -0.2) is 4.39 Å². The summed E-state index contributed by atoms with van der Waals surface area (Å²) in [4.78, 5) is 12.1. The van der Waals surface area contributed by atoms with Crippen molar-refractivity contribution in [1.29, 1.82) is 0 Å². The van der Waals surface area contributed by atoms with Gasteiger partial charge in [-0.2, -0.15) is 0 Å². The highest BCUT2D eigenvalue weighted by Gasteiger charge is 2.13. The van der Waals surface area contributed by atoms with E-state index in [1.165, 1.54) is 30.0 Å². The third kappa shape index (κ3) is 5.15. The van der Waals surface area contributed by atoms with Crippen molar-refractivity contribution in [2.45, 2.75) is 11.8 Å². The van der Waals surface area contributed by atoms with Crippen LogP contribution in [0.4, 0.5) is 10.1 Å². The van der Waals surface area contributed by atoms with Gasteiger partial charge in [0.25, 0.3) is 0 Å². The molecular formula is C18H15Cl2FN4O2S. The number of amides is 1. The Morgan fingerprint density at radius 2 is 2.00 bits per heavy atom. The van der Waals surface area contributed by atoms with Gasteiger partial charge in [0.2, 0.25) is 5.91 Å². The van der Waals surface area contributed by atoms with Gasteiger partial charge in [-0.15, -0.1) is 10.2 Å². The normalized spacial score (nSPS) is 10.7. The smallest absolute Gasteiger partial charge is 0.234 e. The summed E-state index contributed by atoms with van der Waals surface area (Å²) in [6.07, 6.45) is 0. The van der Waals surface area contributed by atoms with Crippen molar-refractivity contribution in [3.63, 3.8) is 0 Å². The SMILES string of the molecule is Cn1c(COc2ccc(F)cc2Cl)nnc1SCC(=O)Nc1ccccc1Cl. The Morgan fingerprint density at radius 1 is 1.21 bits per heavy atom. The Hall–Kier alpha value is -2.29. The number of ether oxygens (including phenoxy) is 1. The van der Waals surface area contributed by atoms with E-state index >= 15 is 0 Å². The second-order valence-corrected chi connectivity index (χ2v) is 7.39. The number of thioether (sulfide) groups is 1. The molecule has 1 aromatic heterocycles. The molecule has 0 spiro atoms. The number of halogens is 3. The molecule has 0 aliphatic heterocycles. The summed E-state index contributed by atoms with van der Waals surface area (Å²) in [6.45, 7) is 0.0984. The predicted octanol–water partition coefficient (Wildman–Crippen LogP) is 4.57. The van der Waals surface area contributed by atoms with Crippen molar-refractivity contribution in [2.75, 3.05) is 11.1 Å². The molecule has 0 aliphatic carbocycles. The zero-order chi connectivity index (χ0) is 20.1. The molecule has 0 atom stereocenters. The van der Waals surface area contributed by atoms with E-state index in [9.17, 15) is 9.18 Å². The number of hydrogen-bond acceptors (Lipinski definition) is 5. The molecule has 10 heteroatoms. The lowest BCUT2D eigenvalue weighted by atomic mass is 10.3. The number of hydrogen-bond donors (Lipinski definition) is 1. The molecule has 1 amide bonds. The summed E-state index contributed by atoms with van der Waals surface area (Å²) in [5, 5.41) is 12.1. The summed E-state index contributed by atoms with van der Waals surface area (Å²) in [5.74, 6) is 0.373. The highest BCUT2D eigenvalue weighted by atomic mass is 35.5. The molecule has 0 bridgehead atoms. The zero-order valence-electron chi connectivity index (χ0n) is 14.7. The molecule has 0 unspecified atom stereocenters. The Bertz CT molecular complexity index is 999. The fourth-order valence-electron chi connectivity index (χ4n) is 2.21. The molecule has 0 saturated heterocycles. The maximum Gasteiger partial charge on any atom is 0.234 e. The van der Waals surface area contributed by atoms with Gasteiger partial charge in [-0.3, -0.25) is 4.79 Å². The molecule has 2 aromatic carbocycles. The summed E-state index contributed by atoms with van der Waals surface area (Å²) < 4.78 is 20.4. The number of nitrogens with zero attached hydrogens (tertiary/aromatic N) is 3. The Morgan fingerprint density at radius 3 is 2.75 bits per heavy atom. The number of para-hydroxylation sites is 1. The molecule has 28 heavy (non-hydrogen) atoms. The fourth-order valence-corrected chi connectivity index (χ4v) is 3.34. The third-order valence-corrected chi connectivity index (χ3v) is 5.30. The molecule has 146 valence electrons. The second kappa shape index (κ2) is 9.27.